The van der Waals surface area contributed by atoms with E-state index in [0.29, 0.717) is 0 Å². The van der Waals surface area contributed by atoms with Crippen LogP contribution in [0.4, 0.5) is 0 Å². The number of fused-ring (bicyclic) bond motifs is 2. The van der Waals surface area contributed by atoms with Crippen LogP contribution in [0.15, 0.2) is 0 Å². The Morgan fingerprint density at radius 2 is 1.69 bits per heavy atom. The fourth-order valence-corrected chi connectivity index (χ4v) is 3.60. The quantitative estimate of drug-likeness (QED) is 0.360. The van der Waals surface area contributed by atoms with E-state index in [2.05, 4.69) is 5.32 Å². The number of carbonyl (C=O) groups excluding carboxylic acids is 6. The molecule has 1 N–H and O–H groups in total. The van der Waals surface area contributed by atoms with Gasteiger partial charge in [-0.05, 0) is 0 Å². The second kappa shape index (κ2) is 9.94. The predicted molar refractivity (Wildman–Crippen MR) is 99.2 cm³/mol. The van der Waals surface area contributed by atoms with Crippen LogP contribution < -0.4 is 5.32 Å². The Kier molecular flexibility index (Phi) is 7.78. The van der Waals surface area contributed by atoms with E-state index in [9.17, 15) is 28.8 Å². The Bertz CT molecular complexity index is 810. The normalized spacial score (nSPS) is 29.6. The lowest BCUT2D eigenvalue weighted by atomic mass is 9.86. The van der Waals surface area contributed by atoms with Gasteiger partial charge in [-0.15, -0.1) is 0 Å². The van der Waals surface area contributed by atoms with E-state index in [0.717, 1.165) is 27.7 Å². The number of ether oxygens (including phenoxy) is 6. The first-order chi connectivity index (χ1) is 14.8. The molecule has 13 nitrogen and oxygen atoms in total. The summed E-state index contributed by atoms with van der Waals surface area (Å²) in [6.45, 7) is 5.06. The van der Waals surface area contributed by atoms with Crippen LogP contribution in [0.25, 0.3) is 0 Å². The number of amides is 1. The van der Waals surface area contributed by atoms with Crippen molar-refractivity contribution in [3.63, 3.8) is 0 Å². The summed E-state index contributed by atoms with van der Waals surface area (Å²) in [4.78, 5) is 70.9. The minimum Gasteiger partial charge on any atom is -0.462 e. The van der Waals surface area contributed by atoms with E-state index in [1.165, 1.54) is 6.92 Å². The van der Waals surface area contributed by atoms with E-state index in [-0.39, 0.29) is 0 Å². The maximum atomic E-state index is 12.9. The standard InChI is InChI=1S/C19H25NO12/c1-8(21)20-15-13(28-10(3)23)6-19(31-12(5)25)18(26)30-16(17(15)32-19)14(29-11(4)24)7-27-9(2)22/h13-17H,6-7H2,1-5H3,(H,20,21)/t13-,14+,15+,16+,17+,19-/m0/s1. The average Bonchev–Trinajstić information content (AvgIpc) is 2.63. The highest BCUT2D eigenvalue weighted by molar-refractivity contribution is 5.83. The third-order valence-corrected chi connectivity index (χ3v) is 4.56. The molecule has 0 aromatic rings. The van der Waals surface area contributed by atoms with Crippen LogP contribution in [0.2, 0.25) is 0 Å². The lowest BCUT2D eigenvalue weighted by Crippen LogP contribution is -2.73. The van der Waals surface area contributed by atoms with E-state index in [1.54, 1.807) is 0 Å². The maximum absolute atomic E-state index is 12.9. The first kappa shape index (κ1) is 25.0. The lowest BCUT2D eigenvalue weighted by Gasteiger charge is -2.51. The fourth-order valence-electron chi connectivity index (χ4n) is 3.60. The highest BCUT2D eigenvalue weighted by Crippen LogP contribution is 2.41. The van der Waals surface area contributed by atoms with E-state index in [1.807, 2.05) is 0 Å². The Balaban J connectivity index is 2.52. The summed E-state index contributed by atoms with van der Waals surface area (Å²) >= 11 is 0. The Morgan fingerprint density at radius 3 is 2.19 bits per heavy atom. The molecule has 0 unspecified atom stereocenters. The van der Waals surface area contributed by atoms with Gasteiger partial charge in [0.05, 0.1) is 12.5 Å². The fraction of sp³-hybridized carbons (Fsp3) is 0.684. The molecule has 32 heavy (non-hydrogen) atoms. The molecular formula is C19H25NO12. The van der Waals surface area contributed by atoms with Crippen molar-refractivity contribution >= 4 is 35.8 Å². The molecule has 2 saturated heterocycles. The number of carbonyl (C=O) groups is 6. The van der Waals surface area contributed by atoms with E-state index >= 15 is 0 Å². The van der Waals surface area contributed by atoms with Crippen LogP contribution in [0.5, 0.6) is 0 Å². The van der Waals surface area contributed by atoms with Crippen molar-refractivity contribution < 1.29 is 57.2 Å². The van der Waals surface area contributed by atoms with Crippen molar-refractivity contribution in [2.75, 3.05) is 6.61 Å². The first-order valence-electron chi connectivity index (χ1n) is 9.68. The minimum atomic E-state index is -2.26. The number of hydrogen-bond acceptors (Lipinski definition) is 12. The molecular weight excluding hydrogens is 434 g/mol. The molecule has 1 amide bonds. The molecule has 178 valence electrons. The van der Waals surface area contributed by atoms with Crippen molar-refractivity contribution in [1.82, 2.24) is 5.32 Å². The molecule has 0 saturated carbocycles. The lowest BCUT2D eigenvalue weighted by molar-refractivity contribution is -0.334. The largest absolute Gasteiger partial charge is 0.462 e. The Morgan fingerprint density at radius 1 is 1.03 bits per heavy atom. The highest BCUT2D eigenvalue weighted by Gasteiger charge is 2.64. The molecule has 0 aliphatic carbocycles. The van der Waals surface area contributed by atoms with Crippen LogP contribution in [-0.4, -0.2) is 78.6 Å². The minimum absolute atomic E-state index is 0.457. The molecule has 2 aliphatic heterocycles. The maximum Gasteiger partial charge on any atom is 0.380 e. The van der Waals surface area contributed by atoms with Gasteiger partial charge in [0.1, 0.15) is 18.8 Å². The summed E-state index contributed by atoms with van der Waals surface area (Å²) in [5.74, 6) is -7.02. The number of rotatable bonds is 7. The van der Waals surface area contributed by atoms with Gasteiger partial charge in [-0.1, -0.05) is 0 Å². The van der Waals surface area contributed by atoms with Gasteiger partial charge in [0.25, 0.3) is 0 Å². The second-order valence-corrected chi connectivity index (χ2v) is 7.33. The smallest absolute Gasteiger partial charge is 0.380 e. The van der Waals surface area contributed by atoms with E-state index in [4.69, 9.17) is 28.4 Å². The zero-order valence-electron chi connectivity index (χ0n) is 18.2. The molecule has 0 spiro atoms. The highest BCUT2D eigenvalue weighted by atomic mass is 16.8. The van der Waals surface area contributed by atoms with Crippen LogP contribution in [0, 0.1) is 0 Å². The second-order valence-electron chi connectivity index (χ2n) is 7.33. The van der Waals surface area contributed by atoms with Crippen molar-refractivity contribution in [3.8, 4) is 0 Å². The molecule has 13 heteroatoms. The van der Waals surface area contributed by atoms with Crippen LogP contribution in [-0.2, 0) is 57.2 Å². The number of nitrogens with one attached hydrogen (secondary N) is 1. The molecule has 2 aliphatic rings. The summed E-state index contributed by atoms with van der Waals surface area (Å²) in [5.41, 5.74) is 0. The Hall–Kier alpha value is -3.22. The predicted octanol–water partition coefficient (Wildman–Crippen LogP) is -1.11. The molecule has 0 aromatic carbocycles. The molecule has 2 fully saturated rings. The molecule has 6 atom stereocenters. The zero-order valence-corrected chi connectivity index (χ0v) is 18.2. The third kappa shape index (κ3) is 5.93. The third-order valence-electron chi connectivity index (χ3n) is 4.56. The number of esters is 5. The van der Waals surface area contributed by atoms with Crippen molar-refractivity contribution in [1.29, 1.82) is 0 Å². The number of hydrogen-bond donors (Lipinski definition) is 1. The van der Waals surface area contributed by atoms with Gasteiger partial charge in [-0.2, -0.15) is 0 Å². The van der Waals surface area contributed by atoms with Gasteiger partial charge in [-0.3, -0.25) is 24.0 Å². The first-order valence-corrected chi connectivity index (χ1v) is 9.68. The van der Waals surface area contributed by atoms with Crippen molar-refractivity contribution in [2.45, 2.75) is 77.3 Å². The number of cyclic esters (lactones) is 1. The summed E-state index contributed by atoms with van der Waals surface area (Å²) in [7, 11) is 0. The summed E-state index contributed by atoms with van der Waals surface area (Å²) in [6.07, 6.45) is -5.69. The molecule has 2 bridgehead atoms. The molecule has 0 aromatic heterocycles. The molecule has 2 heterocycles. The summed E-state index contributed by atoms with van der Waals surface area (Å²) < 4.78 is 31.7. The summed E-state index contributed by atoms with van der Waals surface area (Å²) in [5, 5.41) is 2.56. The summed E-state index contributed by atoms with van der Waals surface area (Å²) in [6, 6.07) is -1.09. The van der Waals surface area contributed by atoms with Gasteiger partial charge < -0.3 is 33.7 Å². The average molecular weight is 459 g/mol. The monoisotopic (exact) mass is 459 g/mol. The van der Waals surface area contributed by atoms with Gasteiger partial charge in [-0.25, -0.2) is 4.79 Å². The van der Waals surface area contributed by atoms with Crippen molar-refractivity contribution in [3.05, 3.63) is 0 Å². The van der Waals surface area contributed by atoms with Gasteiger partial charge in [0.2, 0.25) is 5.91 Å². The molecule has 0 radical (unpaired) electrons. The van der Waals surface area contributed by atoms with E-state index < -0.39 is 85.0 Å². The Labute approximate surface area is 182 Å². The van der Waals surface area contributed by atoms with Gasteiger partial charge >= 0.3 is 35.6 Å². The van der Waals surface area contributed by atoms with Crippen LogP contribution in [0.1, 0.15) is 41.0 Å². The van der Waals surface area contributed by atoms with Crippen LogP contribution >= 0.6 is 0 Å². The SMILES string of the molecule is CC(=O)N[C@H]1[C@H]2O[C@@](OC(C)=O)(C[C@@H]1OC(C)=O)C(=O)O[C@@H]2[C@@H](COC(C)=O)OC(C)=O. The van der Waals surface area contributed by atoms with Crippen LogP contribution in [0.3, 0.4) is 0 Å². The topological polar surface area (TPSA) is 170 Å². The molecule has 2 rings (SSSR count). The van der Waals surface area contributed by atoms with Crippen molar-refractivity contribution in [2.24, 2.45) is 0 Å². The van der Waals surface area contributed by atoms with Gasteiger partial charge in [0.15, 0.2) is 12.2 Å². The zero-order chi connectivity index (χ0) is 24.2. The van der Waals surface area contributed by atoms with Gasteiger partial charge in [0, 0.05) is 34.6 Å².